The van der Waals surface area contributed by atoms with Gasteiger partial charge in [-0.15, -0.1) is 0 Å². The third kappa shape index (κ3) is 1.28. The van der Waals surface area contributed by atoms with E-state index in [-0.39, 0.29) is 5.71 Å². The van der Waals surface area contributed by atoms with Gasteiger partial charge in [0, 0.05) is 6.42 Å². The second-order valence-electron chi connectivity index (χ2n) is 1.52. The Balaban J connectivity index is 2.61. The van der Waals surface area contributed by atoms with Crippen molar-refractivity contribution in [1.82, 2.24) is 0 Å². The minimum Gasteiger partial charge on any atom is -0.477 e. The van der Waals surface area contributed by atoms with Gasteiger partial charge in [-0.05, 0) is 6.08 Å². The monoisotopic (exact) mass is 127 g/mol. The van der Waals surface area contributed by atoms with Crippen LogP contribution in [0.15, 0.2) is 17.5 Å². The van der Waals surface area contributed by atoms with Crippen molar-refractivity contribution < 1.29 is 14.7 Å². The molecular formula is C5H5NO3. The number of carbonyl (C=O) groups is 1. The molecule has 4 heteroatoms. The first-order chi connectivity index (χ1) is 4.30. The number of carboxylic acids is 1. The van der Waals surface area contributed by atoms with E-state index in [0.29, 0.717) is 6.42 Å². The number of allylic oxidation sites excluding steroid dienone is 1. The molecule has 1 heterocycles. The zero-order valence-electron chi connectivity index (χ0n) is 4.57. The van der Waals surface area contributed by atoms with E-state index in [1.807, 2.05) is 0 Å². The predicted octanol–water partition coefficient (Wildman–Crippen LogP) is 0.361. The molecule has 1 N–H and O–H groups in total. The molecule has 48 valence electrons. The summed E-state index contributed by atoms with van der Waals surface area (Å²) in [5.41, 5.74) is 0.0394. The van der Waals surface area contributed by atoms with E-state index in [1.54, 1.807) is 6.08 Å². The topological polar surface area (TPSA) is 58.9 Å². The number of nitrogens with zero attached hydrogens (tertiary/aromatic N) is 1. The van der Waals surface area contributed by atoms with Crippen LogP contribution >= 0.6 is 0 Å². The molecule has 0 atom stereocenters. The highest BCUT2D eigenvalue weighted by Crippen LogP contribution is 1.97. The third-order valence-corrected chi connectivity index (χ3v) is 0.878. The molecule has 1 rings (SSSR count). The smallest absolute Gasteiger partial charge is 0.354 e. The van der Waals surface area contributed by atoms with Crippen LogP contribution in [0.1, 0.15) is 6.42 Å². The van der Waals surface area contributed by atoms with Gasteiger partial charge in [-0.3, -0.25) is 0 Å². The van der Waals surface area contributed by atoms with Crippen molar-refractivity contribution in [1.29, 1.82) is 0 Å². The zero-order chi connectivity index (χ0) is 6.69. The van der Waals surface area contributed by atoms with Crippen molar-refractivity contribution in [3.63, 3.8) is 0 Å². The highest BCUT2D eigenvalue weighted by Gasteiger charge is 2.09. The third-order valence-electron chi connectivity index (χ3n) is 0.878. The summed E-state index contributed by atoms with van der Waals surface area (Å²) in [6.45, 7) is 0. The molecule has 0 aromatic carbocycles. The van der Waals surface area contributed by atoms with Gasteiger partial charge in [0.05, 0.1) is 0 Å². The van der Waals surface area contributed by atoms with Crippen molar-refractivity contribution in [3.05, 3.63) is 12.3 Å². The number of rotatable bonds is 1. The number of hydrogen-bond donors (Lipinski definition) is 1. The molecule has 4 nitrogen and oxygen atoms in total. The summed E-state index contributed by atoms with van der Waals surface area (Å²) in [6, 6.07) is 0. The fourth-order valence-corrected chi connectivity index (χ4v) is 0.460. The summed E-state index contributed by atoms with van der Waals surface area (Å²) in [7, 11) is 0. The van der Waals surface area contributed by atoms with Crippen LogP contribution in [0.3, 0.4) is 0 Å². The minimum atomic E-state index is -1.03. The van der Waals surface area contributed by atoms with Crippen LogP contribution in [0.5, 0.6) is 0 Å². The molecule has 1 aliphatic heterocycles. The summed E-state index contributed by atoms with van der Waals surface area (Å²) in [5.74, 6) is -1.03. The summed E-state index contributed by atoms with van der Waals surface area (Å²) in [5, 5.41) is 11.6. The van der Waals surface area contributed by atoms with Crippen LogP contribution < -0.4 is 0 Å². The van der Waals surface area contributed by atoms with Crippen molar-refractivity contribution in [2.45, 2.75) is 6.42 Å². The first kappa shape index (κ1) is 5.81. The van der Waals surface area contributed by atoms with Gasteiger partial charge in [-0.25, -0.2) is 4.79 Å². The maximum atomic E-state index is 10.1. The lowest BCUT2D eigenvalue weighted by Crippen LogP contribution is -2.13. The summed E-state index contributed by atoms with van der Waals surface area (Å²) in [4.78, 5) is 14.5. The molecule has 0 unspecified atom stereocenters. The highest BCUT2D eigenvalue weighted by molar-refractivity contribution is 6.35. The standard InChI is InChI=1S/C5H5NO3/c7-5(8)4-2-1-3-9-6-4/h1,3H,2H2,(H,7,8). The van der Waals surface area contributed by atoms with Crippen LogP contribution in [0.25, 0.3) is 0 Å². The molecule has 0 saturated carbocycles. The van der Waals surface area contributed by atoms with Gasteiger partial charge < -0.3 is 9.94 Å². The minimum absolute atomic E-state index is 0.0394. The van der Waals surface area contributed by atoms with Crippen molar-refractivity contribution in [2.24, 2.45) is 5.16 Å². The van der Waals surface area contributed by atoms with Gasteiger partial charge in [0.15, 0.2) is 5.71 Å². The molecule has 0 spiro atoms. The van der Waals surface area contributed by atoms with Gasteiger partial charge in [-0.1, -0.05) is 5.16 Å². The molecule has 0 aromatic heterocycles. The quantitative estimate of drug-likeness (QED) is 0.553. The van der Waals surface area contributed by atoms with E-state index in [0.717, 1.165) is 0 Å². The van der Waals surface area contributed by atoms with Crippen molar-refractivity contribution in [2.75, 3.05) is 0 Å². The van der Waals surface area contributed by atoms with Gasteiger partial charge in [0.1, 0.15) is 6.26 Å². The van der Waals surface area contributed by atoms with E-state index < -0.39 is 5.97 Å². The van der Waals surface area contributed by atoms with Crippen LogP contribution in [-0.4, -0.2) is 16.8 Å². The van der Waals surface area contributed by atoms with Gasteiger partial charge in [0.25, 0.3) is 0 Å². The molecule has 0 aromatic rings. The predicted molar refractivity (Wildman–Crippen MR) is 29.9 cm³/mol. The zero-order valence-corrected chi connectivity index (χ0v) is 4.57. The number of carboxylic acid groups (broad SMARTS) is 1. The fourth-order valence-electron chi connectivity index (χ4n) is 0.460. The molecule has 0 aliphatic carbocycles. The normalized spacial score (nSPS) is 16.2. The lowest BCUT2D eigenvalue weighted by atomic mass is 10.3. The Labute approximate surface area is 51.4 Å². The van der Waals surface area contributed by atoms with Crippen LogP contribution in [0, 0.1) is 0 Å². The van der Waals surface area contributed by atoms with Gasteiger partial charge >= 0.3 is 5.97 Å². The Morgan fingerprint density at radius 1 is 1.89 bits per heavy atom. The van der Waals surface area contributed by atoms with E-state index >= 15 is 0 Å². The second-order valence-corrected chi connectivity index (χ2v) is 1.52. The van der Waals surface area contributed by atoms with Gasteiger partial charge in [0.2, 0.25) is 0 Å². The Hall–Kier alpha value is -1.32. The fraction of sp³-hybridized carbons (Fsp3) is 0.200. The summed E-state index contributed by atoms with van der Waals surface area (Å²) >= 11 is 0. The molecule has 9 heavy (non-hydrogen) atoms. The Kier molecular flexibility index (Phi) is 1.48. The molecule has 0 bridgehead atoms. The van der Waals surface area contributed by atoms with Crippen molar-refractivity contribution in [3.8, 4) is 0 Å². The van der Waals surface area contributed by atoms with E-state index in [1.165, 1.54) is 6.26 Å². The Bertz CT molecular complexity index is 183. The van der Waals surface area contributed by atoms with Crippen LogP contribution in [0.2, 0.25) is 0 Å². The lowest BCUT2D eigenvalue weighted by Gasteiger charge is -1.99. The Morgan fingerprint density at radius 3 is 3.00 bits per heavy atom. The average molecular weight is 127 g/mol. The molecular weight excluding hydrogens is 122 g/mol. The first-order valence-electron chi connectivity index (χ1n) is 2.41. The van der Waals surface area contributed by atoms with Crippen LogP contribution in [0.4, 0.5) is 0 Å². The average Bonchev–Trinajstić information content (AvgIpc) is 1.90. The van der Waals surface area contributed by atoms with Crippen LogP contribution in [-0.2, 0) is 9.63 Å². The maximum Gasteiger partial charge on any atom is 0.354 e. The lowest BCUT2D eigenvalue weighted by molar-refractivity contribution is -0.129. The first-order valence-corrected chi connectivity index (χ1v) is 2.41. The number of oxime groups is 1. The molecule has 0 radical (unpaired) electrons. The number of aliphatic carboxylic acids is 1. The summed E-state index contributed by atoms with van der Waals surface area (Å²) in [6.07, 6.45) is 3.29. The van der Waals surface area contributed by atoms with E-state index in [9.17, 15) is 4.79 Å². The molecule has 1 aliphatic rings. The molecule has 0 saturated heterocycles. The van der Waals surface area contributed by atoms with E-state index in [2.05, 4.69) is 9.99 Å². The molecule has 0 amide bonds. The molecule has 0 fully saturated rings. The number of hydrogen-bond acceptors (Lipinski definition) is 3. The highest BCUT2D eigenvalue weighted by atomic mass is 16.6. The second kappa shape index (κ2) is 2.30. The Morgan fingerprint density at radius 2 is 2.67 bits per heavy atom. The van der Waals surface area contributed by atoms with Gasteiger partial charge in [-0.2, -0.15) is 0 Å². The van der Waals surface area contributed by atoms with E-state index in [4.69, 9.17) is 5.11 Å². The largest absolute Gasteiger partial charge is 0.477 e. The SMILES string of the molecule is O=C(O)C1=NOC=CC1. The van der Waals surface area contributed by atoms with Crippen molar-refractivity contribution >= 4 is 11.7 Å². The maximum absolute atomic E-state index is 10.1. The summed E-state index contributed by atoms with van der Waals surface area (Å²) < 4.78 is 0.